The van der Waals surface area contributed by atoms with E-state index >= 15 is 0 Å². The summed E-state index contributed by atoms with van der Waals surface area (Å²) in [5.41, 5.74) is 2.11. The molecule has 0 bridgehead atoms. The van der Waals surface area contributed by atoms with Gasteiger partial charge in [-0.3, -0.25) is 4.90 Å². The first-order valence-electron chi connectivity index (χ1n) is 11.2. The smallest absolute Gasteiger partial charge is 0.382 e. The highest BCUT2D eigenvalue weighted by Crippen LogP contribution is 2.43. The van der Waals surface area contributed by atoms with Crippen LogP contribution < -0.4 is 5.32 Å². The summed E-state index contributed by atoms with van der Waals surface area (Å²) < 4.78 is 46.5. The summed E-state index contributed by atoms with van der Waals surface area (Å²) in [4.78, 5) is 2.67. The van der Waals surface area contributed by atoms with E-state index in [-0.39, 0.29) is 0 Å². The summed E-state index contributed by atoms with van der Waals surface area (Å²) in [6.45, 7) is 3.33. The summed E-state index contributed by atoms with van der Waals surface area (Å²) in [5.74, 6) is 0. The molecule has 2 saturated heterocycles. The normalized spacial score (nSPS) is 26.8. The fourth-order valence-corrected chi connectivity index (χ4v) is 6.46. The van der Waals surface area contributed by atoms with Gasteiger partial charge in [0.1, 0.15) is 6.54 Å². The summed E-state index contributed by atoms with van der Waals surface area (Å²) in [7, 11) is 0. The number of alkyl halides is 3. The van der Waals surface area contributed by atoms with E-state index in [0.717, 1.165) is 37.1 Å². The summed E-state index contributed by atoms with van der Waals surface area (Å²) in [6.07, 6.45) is 2.77. The molecule has 4 nitrogen and oxygen atoms in total. The van der Waals surface area contributed by atoms with Crippen LogP contribution in [0, 0.1) is 9.12 Å². The largest absolute Gasteiger partial charge is 0.406 e. The fourth-order valence-electron chi connectivity index (χ4n) is 5.72. The maximum Gasteiger partial charge on any atom is 0.406 e. The third-order valence-corrected chi connectivity index (χ3v) is 8.33. The Morgan fingerprint density at radius 2 is 1.81 bits per heavy atom. The van der Waals surface area contributed by atoms with Crippen molar-refractivity contribution in [3.8, 4) is 0 Å². The minimum atomic E-state index is -4.23. The van der Waals surface area contributed by atoms with E-state index in [1.54, 1.807) is 6.07 Å². The van der Waals surface area contributed by atoms with Crippen molar-refractivity contribution in [2.45, 2.75) is 63.3 Å². The van der Waals surface area contributed by atoms with Crippen molar-refractivity contribution in [2.24, 2.45) is 5.41 Å². The zero-order valence-electron chi connectivity index (χ0n) is 17.6. The molecule has 5 rings (SSSR count). The molecular formula is C23H29F3IN3O. The number of aromatic nitrogens is 1. The van der Waals surface area contributed by atoms with Crippen molar-refractivity contribution < 1.29 is 17.9 Å². The minimum Gasteiger partial charge on any atom is -0.382 e. The lowest BCUT2D eigenvalue weighted by atomic mass is 9.71. The van der Waals surface area contributed by atoms with Crippen LogP contribution in [0.2, 0.25) is 0 Å². The lowest BCUT2D eigenvalue weighted by molar-refractivity contribution is -0.140. The van der Waals surface area contributed by atoms with Crippen LogP contribution in [0.15, 0.2) is 24.3 Å². The number of benzene rings is 1. The highest BCUT2D eigenvalue weighted by molar-refractivity contribution is 14.1. The predicted molar refractivity (Wildman–Crippen MR) is 124 cm³/mol. The number of rotatable bonds is 4. The van der Waals surface area contributed by atoms with Gasteiger partial charge in [-0.05, 0) is 79.3 Å². The average molecular weight is 547 g/mol. The molecule has 8 heteroatoms. The number of nitrogens with zero attached hydrogens (tertiary/aromatic N) is 2. The molecule has 0 atom stereocenters. The SMILES string of the molecule is FC(F)(F)Cn1c(I)cc2c(NC3CCC(N4CC5(CCOCC5)C4)CC3)cccc21. The Morgan fingerprint density at radius 3 is 2.48 bits per heavy atom. The molecule has 3 fully saturated rings. The monoisotopic (exact) mass is 547 g/mol. The van der Waals surface area contributed by atoms with Crippen LogP contribution in [0.3, 0.4) is 0 Å². The number of anilines is 1. The lowest BCUT2D eigenvalue weighted by Gasteiger charge is -2.56. The second-order valence-corrected chi connectivity index (χ2v) is 10.7. The Balaban J connectivity index is 1.20. The van der Waals surface area contributed by atoms with Crippen LogP contribution in [0.4, 0.5) is 18.9 Å². The summed E-state index contributed by atoms with van der Waals surface area (Å²) in [6, 6.07) is 8.55. The Kier molecular flexibility index (Phi) is 5.92. The van der Waals surface area contributed by atoms with Crippen molar-refractivity contribution in [3.05, 3.63) is 28.0 Å². The first-order chi connectivity index (χ1) is 14.8. The molecular weight excluding hydrogens is 518 g/mol. The standard InChI is InChI=1S/C23H29F3IN3O/c24-23(25,26)15-30-20-3-1-2-19(18(20)12-21(30)27)28-16-4-6-17(7-5-16)29-13-22(14-29)8-10-31-11-9-22/h1-3,12,16-17,28H,4-11,13-15H2. The molecule has 2 aromatic rings. The van der Waals surface area contributed by atoms with E-state index in [1.807, 2.05) is 40.8 Å². The van der Waals surface area contributed by atoms with Gasteiger partial charge in [0.25, 0.3) is 0 Å². The quantitative estimate of drug-likeness (QED) is 0.503. The highest BCUT2D eigenvalue weighted by Gasteiger charge is 2.46. The van der Waals surface area contributed by atoms with E-state index in [0.29, 0.717) is 26.7 Å². The number of nitrogens with one attached hydrogen (secondary N) is 1. The van der Waals surface area contributed by atoms with E-state index in [2.05, 4.69) is 10.2 Å². The molecule has 0 radical (unpaired) electrons. The van der Waals surface area contributed by atoms with Gasteiger partial charge in [-0.15, -0.1) is 0 Å². The zero-order valence-corrected chi connectivity index (χ0v) is 19.7. The van der Waals surface area contributed by atoms with Crippen LogP contribution >= 0.6 is 22.6 Å². The molecule has 0 unspecified atom stereocenters. The maximum absolute atomic E-state index is 13.0. The molecule has 31 heavy (non-hydrogen) atoms. The van der Waals surface area contributed by atoms with Gasteiger partial charge in [0.15, 0.2) is 0 Å². The number of halogens is 4. The van der Waals surface area contributed by atoms with Gasteiger partial charge in [-0.25, -0.2) is 0 Å². The summed E-state index contributed by atoms with van der Waals surface area (Å²) >= 11 is 2.00. The fraction of sp³-hybridized carbons (Fsp3) is 0.652. The summed E-state index contributed by atoms with van der Waals surface area (Å²) in [5, 5.41) is 4.52. The molecule has 2 aliphatic heterocycles. The third kappa shape index (κ3) is 4.57. The molecule has 170 valence electrons. The van der Waals surface area contributed by atoms with Gasteiger partial charge in [0.2, 0.25) is 0 Å². The van der Waals surface area contributed by atoms with Gasteiger partial charge in [0.05, 0.1) is 9.22 Å². The average Bonchev–Trinajstić information content (AvgIpc) is 3.02. The highest BCUT2D eigenvalue weighted by atomic mass is 127. The minimum absolute atomic E-state index is 0.379. The van der Waals surface area contributed by atoms with Crippen LogP contribution in [0.5, 0.6) is 0 Å². The number of fused-ring (bicyclic) bond motifs is 1. The molecule has 3 aliphatic rings. The second-order valence-electron chi connectivity index (χ2n) is 9.57. The predicted octanol–water partition coefficient (Wildman–Crippen LogP) is 5.64. The van der Waals surface area contributed by atoms with Crippen molar-refractivity contribution in [2.75, 3.05) is 31.6 Å². The lowest BCUT2D eigenvalue weighted by Crippen LogP contribution is -2.62. The number of hydrogen-bond acceptors (Lipinski definition) is 3. The van der Waals surface area contributed by atoms with E-state index < -0.39 is 12.7 Å². The number of hydrogen-bond donors (Lipinski definition) is 1. The first kappa shape index (κ1) is 21.8. The van der Waals surface area contributed by atoms with Crippen molar-refractivity contribution in [3.63, 3.8) is 0 Å². The molecule has 1 spiro atoms. The van der Waals surface area contributed by atoms with Gasteiger partial charge in [0, 0.05) is 54.9 Å². The molecule has 1 aromatic carbocycles. The Hall–Kier alpha value is -1.00. The Bertz CT molecular complexity index is 922. The third-order valence-electron chi connectivity index (χ3n) is 7.44. The van der Waals surface area contributed by atoms with Gasteiger partial charge < -0.3 is 14.6 Å². The topological polar surface area (TPSA) is 29.4 Å². The van der Waals surface area contributed by atoms with Gasteiger partial charge >= 0.3 is 6.18 Å². The Morgan fingerprint density at radius 1 is 1.10 bits per heavy atom. The second kappa shape index (κ2) is 8.41. The molecule has 3 heterocycles. The van der Waals surface area contributed by atoms with Crippen molar-refractivity contribution >= 4 is 39.2 Å². The molecule has 1 N–H and O–H groups in total. The van der Waals surface area contributed by atoms with Crippen molar-refractivity contribution in [1.82, 2.24) is 9.47 Å². The maximum atomic E-state index is 13.0. The molecule has 1 saturated carbocycles. The van der Waals surface area contributed by atoms with Gasteiger partial charge in [-0.1, -0.05) is 6.07 Å². The van der Waals surface area contributed by atoms with E-state index in [1.165, 1.54) is 43.3 Å². The van der Waals surface area contributed by atoms with Crippen molar-refractivity contribution in [1.29, 1.82) is 0 Å². The molecule has 1 aromatic heterocycles. The number of ether oxygens (including phenoxy) is 1. The number of likely N-dealkylation sites (tertiary alicyclic amines) is 1. The van der Waals surface area contributed by atoms with Crippen LogP contribution in [-0.4, -0.2) is 54.0 Å². The molecule has 0 amide bonds. The van der Waals surface area contributed by atoms with E-state index in [9.17, 15) is 13.2 Å². The van der Waals surface area contributed by atoms with Gasteiger partial charge in [-0.2, -0.15) is 13.2 Å². The van der Waals surface area contributed by atoms with Crippen LogP contribution in [0.25, 0.3) is 10.9 Å². The zero-order chi connectivity index (χ0) is 21.6. The molecule has 1 aliphatic carbocycles. The first-order valence-corrected chi connectivity index (χ1v) is 12.3. The van der Waals surface area contributed by atoms with E-state index in [4.69, 9.17) is 4.74 Å². The van der Waals surface area contributed by atoms with Crippen LogP contribution in [-0.2, 0) is 11.3 Å². The Labute approximate surface area is 194 Å². The van der Waals surface area contributed by atoms with Crippen LogP contribution in [0.1, 0.15) is 38.5 Å².